The van der Waals surface area contributed by atoms with Crippen molar-refractivity contribution in [1.29, 1.82) is 0 Å². The van der Waals surface area contributed by atoms with E-state index in [0.29, 0.717) is 5.95 Å². The summed E-state index contributed by atoms with van der Waals surface area (Å²) in [6.45, 7) is 8.58. The van der Waals surface area contributed by atoms with Crippen molar-refractivity contribution < 1.29 is 0 Å². The molecular formula is C12H22N4. The zero-order valence-corrected chi connectivity index (χ0v) is 10.7. The van der Waals surface area contributed by atoms with Gasteiger partial charge in [-0.1, -0.05) is 20.8 Å². The molecule has 0 aromatic carbocycles. The maximum Gasteiger partial charge on any atom is 0.221 e. The number of rotatable bonds is 5. The third-order valence-corrected chi connectivity index (χ3v) is 3.40. The number of aromatic nitrogens is 2. The molecule has 4 heteroatoms. The Morgan fingerprint density at radius 1 is 1.25 bits per heavy atom. The van der Waals surface area contributed by atoms with Gasteiger partial charge in [-0.25, -0.2) is 4.98 Å². The minimum absolute atomic E-state index is 0.117. The Labute approximate surface area is 97.7 Å². The number of nitrogens with one attached hydrogen (secondary N) is 1. The molecule has 0 unspecified atom stereocenters. The van der Waals surface area contributed by atoms with Crippen LogP contribution < -0.4 is 11.1 Å². The number of nitrogens with two attached hydrogens (primary N) is 1. The quantitative estimate of drug-likeness (QED) is 0.804. The van der Waals surface area contributed by atoms with Gasteiger partial charge in [-0.3, -0.25) is 0 Å². The van der Waals surface area contributed by atoms with Crippen molar-refractivity contribution in [2.24, 2.45) is 0 Å². The number of hydrogen-bond donors (Lipinski definition) is 2. The maximum atomic E-state index is 5.61. The minimum atomic E-state index is 0.117. The number of hydrogen-bond acceptors (Lipinski definition) is 4. The summed E-state index contributed by atoms with van der Waals surface area (Å²) in [7, 11) is 0. The fourth-order valence-corrected chi connectivity index (χ4v) is 1.85. The van der Waals surface area contributed by atoms with Gasteiger partial charge in [0.25, 0.3) is 0 Å². The van der Waals surface area contributed by atoms with Crippen LogP contribution in [0.3, 0.4) is 0 Å². The van der Waals surface area contributed by atoms with Crippen LogP contribution in [0.1, 0.15) is 45.6 Å². The predicted molar refractivity (Wildman–Crippen MR) is 68.4 cm³/mol. The van der Waals surface area contributed by atoms with Gasteiger partial charge in [0.05, 0.1) is 0 Å². The summed E-state index contributed by atoms with van der Waals surface area (Å²) >= 11 is 0. The van der Waals surface area contributed by atoms with E-state index in [1.165, 1.54) is 0 Å². The first-order valence-corrected chi connectivity index (χ1v) is 5.94. The summed E-state index contributed by atoms with van der Waals surface area (Å²) in [6.07, 6.45) is 4.98. The number of anilines is 2. The van der Waals surface area contributed by atoms with E-state index in [-0.39, 0.29) is 5.54 Å². The van der Waals surface area contributed by atoms with Gasteiger partial charge < -0.3 is 11.1 Å². The summed E-state index contributed by atoms with van der Waals surface area (Å²) in [5.41, 5.74) is 6.76. The van der Waals surface area contributed by atoms with Gasteiger partial charge in [0.15, 0.2) is 0 Å². The second-order valence-electron chi connectivity index (χ2n) is 4.23. The largest absolute Gasteiger partial charge is 0.368 e. The van der Waals surface area contributed by atoms with Crippen molar-refractivity contribution in [1.82, 2.24) is 9.97 Å². The van der Waals surface area contributed by atoms with E-state index in [2.05, 4.69) is 36.1 Å². The minimum Gasteiger partial charge on any atom is -0.368 e. The highest BCUT2D eigenvalue weighted by molar-refractivity contribution is 5.47. The van der Waals surface area contributed by atoms with Crippen molar-refractivity contribution in [3.8, 4) is 0 Å². The van der Waals surface area contributed by atoms with Gasteiger partial charge in [-0.2, -0.15) is 4.98 Å². The van der Waals surface area contributed by atoms with Gasteiger partial charge in [0, 0.05) is 17.3 Å². The first-order chi connectivity index (χ1) is 7.56. The van der Waals surface area contributed by atoms with Gasteiger partial charge in [-0.05, 0) is 26.2 Å². The Morgan fingerprint density at radius 2 is 1.81 bits per heavy atom. The van der Waals surface area contributed by atoms with Crippen LogP contribution in [-0.4, -0.2) is 15.5 Å². The molecule has 0 aliphatic rings. The second-order valence-corrected chi connectivity index (χ2v) is 4.23. The van der Waals surface area contributed by atoms with Crippen LogP contribution >= 0.6 is 0 Å². The van der Waals surface area contributed by atoms with Crippen molar-refractivity contribution in [2.45, 2.75) is 52.5 Å². The molecule has 1 heterocycles. The second kappa shape index (κ2) is 5.14. The van der Waals surface area contributed by atoms with E-state index < -0.39 is 0 Å². The molecule has 3 N–H and O–H groups in total. The molecule has 1 aromatic rings. The van der Waals surface area contributed by atoms with Crippen molar-refractivity contribution >= 4 is 11.8 Å². The zero-order chi connectivity index (χ0) is 12.2. The summed E-state index contributed by atoms with van der Waals surface area (Å²) in [5.74, 6) is 1.18. The molecule has 1 rings (SSSR count). The molecule has 0 amide bonds. The van der Waals surface area contributed by atoms with Crippen LogP contribution in [0.25, 0.3) is 0 Å². The molecule has 90 valence electrons. The first-order valence-electron chi connectivity index (χ1n) is 5.94. The van der Waals surface area contributed by atoms with E-state index in [9.17, 15) is 0 Å². The first kappa shape index (κ1) is 12.7. The number of nitrogens with zero attached hydrogens (tertiary/aromatic N) is 2. The molecule has 0 bridgehead atoms. The molecule has 0 aliphatic heterocycles. The highest BCUT2D eigenvalue weighted by Gasteiger charge is 2.24. The van der Waals surface area contributed by atoms with Gasteiger partial charge in [0.2, 0.25) is 5.95 Å². The van der Waals surface area contributed by atoms with Gasteiger partial charge >= 0.3 is 0 Å². The molecule has 4 nitrogen and oxygen atoms in total. The molecule has 0 saturated carbocycles. The molecular weight excluding hydrogens is 200 g/mol. The Bertz CT molecular complexity index is 337. The summed E-state index contributed by atoms with van der Waals surface area (Å²) in [4.78, 5) is 8.23. The third-order valence-electron chi connectivity index (χ3n) is 3.40. The topological polar surface area (TPSA) is 63.8 Å². The Hall–Kier alpha value is -1.32. The van der Waals surface area contributed by atoms with E-state index in [1.54, 1.807) is 6.20 Å². The highest BCUT2D eigenvalue weighted by atomic mass is 15.1. The maximum absolute atomic E-state index is 5.61. The third kappa shape index (κ3) is 2.62. The Balaban J connectivity index is 2.97. The average molecular weight is 222 g/mol. The lowest BCUT2D eigenvalue weighted by atomic mass is 9.89. The zero-order valence-electron chi connectivity index (χ0n) is 10.7. The van der Waals surface area contributed by atoms with Crippen LogP contribution in [0.5, 0.6) is 0 Å². The number of aryl methyl sites for hydroxylation is 1. The number of nitrogen functional groups attached to an aromatic ring is 1. The van der Waals surface area contributed by atoms with Crippen LogP contribution in [0, 0.1) is 6.92 Å². The van der Waals surface area contributed by atoms with Gasteiger partial charge in [0.1, 0.15) is 5.82 Å². The summed E-state index contributed by atoms with van der Waals surface area (Å²) in [6, 6.07) is 0. The lowest BCUT2D eigenvalue weighted by Gasteiger charge is -2.32. The van der Waals surface area contributed by atoms with Crippen LogP contribution in [-0.2, 0) is 0 Å². The predicted octanol–water partition coefficient (Wildman–Crippen LogP) is 2.75. The normalized spacial score (nSPS) is 11.5. The lowest BCUT2D eigenvalue weighted by molar-refractivity contribution is 0.418. The summed E-state index contributed by atoms with van der Waals surface area (Å²) in [5, 5.41) is 3.52. The van der Waals surface area contributed by atoms with Crippen molar-refractivity contribution in [3.63, 3.8) is 0 Å². The van der Waals surface area contributed by atoms with E-state index in [0.717, 1.165) is 30.6 Å². The van der Waals surface area contributed by atoms with E-state index in [1.807, 2.05) is 6.92 Å². The monoisotopic (exact) mass is 222 g/mol. The molecule has 0 fully saturated rings. The molecule has 0 saturated heterocycles. The fourth-order valence-electron chi connectivity index (χ4n) is 1.85. The molecule has 0 radical (unpaired) electrons. The molecule has 0 spiro atoms. The Morgan fingerprint density at radius 3 is 2.31 bits per heavy atom. The molecule has 0 aliphatic carbocycles. The van der Waals surface area contributed by atoms with E-state index in [4.69, 9.17) is 5.73 Å². The van der Waals surface area contributed by atoms with Crippen LogP contribution in [0.2, 0.25) is 0 Å². The SMILES string of the molecule is CCC(CC)(CC)Nc1nc(N)ncc1C. The lowest BCUT2D eigenvalue weighted by Crippen LogP contribution is -2.36. The van der Waals surface area contributed by atoms with Crippen molar-refractivity contribution in [2.75, 3.05) is 11.1 Å². The molecule has 0 atom stereocenters. The van der Waals surface area contributed by atoms with Gasteiger partial charge in [-0.15, -0.1) is 0 Å². The smallest absolute Gasteiger partial charge is 0.221 e. The molecule has 16 heavy (non-hydrogen) atoms. The Kier molecular flexibility index (Phi) is 4.10. The average Bonchev–Trinajstić information content (AvgIpc) is 2.31. The van der Waals surface area contributed by atoms with Crippen molar-refractivity contribution in [3.05, 3.63) is 11.8 Å². The van der Waals surface area contributed by atoms with Crippen LogP contribution in [0.15, 0.2) is 6.20 Å². The van der Waals surface area contributed by atoms with E-state index >= 15 is 0 Å². The standard InChI is InChI=1S/C12H22N4/c1-5-12(6-2,7-3)16-10-9(4)8-14-11(13)15-10/h8H,5-7H2,1-4H3,(H3,13,14,15,16). The molecule has 1 aromatic heterocycles. The fraction of sp³-hybridized carbons (Fsp3) is 0.667. The highest BCUT2D eigenvalue weighted by Crippen LogP contribution is 2.26. The summed E-state index contributed by atoms with van der Waals surface area (Å²) < 4.78 is 0. The van der Waals surface area contributed by atoms with Crippen LogP contribution in [0.4, 0.5) is 11.8 Å².